The van der Waals surface area contributed by atoms with Crippen molar-refractivity contribution in [2.45, 2.75) is 31.9 Å². The smallest absolute Gasteiger partial charge is 0.125 e. The van der Waals surface area contributed by atoms with Gasteiger partial charge in [0.2, 0.25) is 0 Å². The standard InChI is InChI=1S/C14H20BrNO2/c1-14(5-4-6-16-14)13-10(9-17-2)7-11(15)8-12(13)18-3/h7-8,16H,4-6,9H2,1-3H3. The molecule has 4 heteroatoms. The monoisotopic (exact) mass is 313 g/mol. The quantitative estimate of drug-likeness (QED) is 0.926. The van der Waals surface area contributed by atoms with Crippen LogP contribution in [0.2, 0.25) is 0 Å². The first-order valence-electron chi connectivity index (χ1n) is 6.21. The van der Waals surface area contributed by atoms with E-state index < -0.39 is 0 Å². The maximum atomic E-state index is 5.57. The molecule has 1 saturated heterocycles. The third-order valence-electron chi connectivity index (χ3n) is 3.59. The van der Waals surface area contributed by atoms with Gasteiger partial charge in [-0.1, -0.05) is 15.9 Å². The zero-order valence-electron chi connectivity index (χ0n) is 11.2. The van der Waals surface area contributed by atoms with E-state index in [9.17, 15) is 0 Å². The summed E-state index contributed by atoms with van der Waals surface area (Å²) in [5.74, 6) is 0.924. The molecule has 1 unspecified atom stereocenters. The number of rotatable bonds is 4. The molecule has 0 bridgehead atoms. The molecule has 0 saturated carbocycles. The number of methoxy groups -OCH3 is 2. The Hall–Kier alpha value is -0.580. The van der Waals surface area contributed by atoms with Crippen LogP contribution in [0, 0.1) is 0 Å². The number of hydrogen-bond acceptors (Lipinski definition) is 3. The Labute approximate surface area is 117 Å². The van der Waals surface area contributed by atoms with Crippen LogP contribution in [0.5, 0.6) is 5.75 Å². The van der Waals surface area contributed by atoms with Gasteiger partial charge in [0.1, 0.15) is 5.75 Å². The first-order valence-corrected chi connectivity index (χ1v) is 7.01. The second-order valence-electron chi connectivity index (χ2n) is 4.94. The van der Waals surface area contributed by atoms with Gasteiger partial charge in [0.15, 0.2) is 0 Å². The molecule has 0 amide bonds. The normalized spacial score (nSPS) is 23.3. The minimum absolute atomic E-state index is 0.0140. The second kappa shape index (κ2) is 5.59. The molecule has 0 radical (unpaired) electrons. The van der Waals surface area contributed by atoms with Gasteiger partial charge in [-0.05, 0) is 44.0 Å². The highest BCUT2D eigenvalue weighted by Crippen LogP contribution is 2.40. The van der Waals surface area contributed by atoms with Gasteiger partial charge in [0, 0.05) is 22.7 Å². The van der Waals surface area contributed by atoms with Crippen LogP contribution in [0.25, 0.3) is 0 Å². The lowest BCUT2D eigenvalue weighted by atomic mass is 9.86. The maximum absolute atomic E-state index is 5.57. The van der Waals surface area contributed by atoms with Crippen molar-refractivity contribution in [2.24, 2.45) is 0 Å². The molecule has 1 aliphatic rings. The number of halogens is 1. The first kappa shape index (κ1) is 13.8. The Morgan fingerprint density at radius 2 is 2.17 bits per heavy atom. The number of benzene rings is 1. The van der Waals surface area contributed by atoms with E-state index in [-0.39, 0.29) is 5.54 Å². The SMILES string of the molecule is COCc1cc(Br)cc(OC)c1C1(C)CCCN1. The third-order valence-corrected chi connectivity index (χ3v) is 4.05. The summed E-state index contributed by atoms with van der Waals surface area (Å²) in [5, 5.41) is 3.59. The summed E-state index contributed by atoms with van der Waals surface area (Å²) >= 11 is 3.53. The van der Waals surface area contributed by atoms with Crippen LogP contribution in [0.4, 0.5) is 0 Å². The molecule has 1 N–H and O–H groups in total. The van der Waals surface area contributed by atoms with Crippen molar-refractivity contribution >= 4 is 15.9 Å². The molecule has 3 nitrogen and oxygen atoms in total. The summed E-state index contributed by atoms with van der Waals surface area (Å²) < 4.78 is 11.9. The fraction of sp³-hybridized carbons (Fsp3) is 0.571. The van der Waals surface area contributed by atoms with Crippen LogP contribution in [0.1, 0.15) is 30.9 Å². The summed E-state index contributed by atoms with van der Waals surface area (Å²) in [6.07, 6.45) is 2.32. The Morgan fingerprint density at radius 3 is 2.72 bits per heavy atom. The maximum Gasteiger partial charge on any atom is 0.125 e. The number of nitrogens with one attached hydrogen (secondary N) is 1. The van der Waals surface area contributed by atoms with Gasteiger partial charge in [0.05, 0.1) is 13.7 Å². The summed E-state index contributed by atoms with van der Waals surface area (Å²) in [6, 6.07) is 4.15. The average molecular weight is 314 g/mol. The Kier molecular flexibility index (Phi) is 4.30. The molecule has 2 rings (SSSR count). The van der Waals surface area contributed by atoms with Gasteiger partial charge in [-0.2, -0.15) is 0 Å². The van der Waals surface area contributed by atoms with E-state index in [0.29, 0.717) is 6.61 Å². The lowest BCUT2D eigenvalue weighted by Gasteiger charge is -2.29. The fourth-order valence-corrected chi connectivity index (χ4v) is 3.28. The van der Waals surface area contributed by atoms with Crippen molar-refractivity contribution in [3.05, 3.63) is 27.7 Å². The molecule has 0 aliphatic carbocycles. The fourth-order valence-electron chi connectivity index (χ4n) is 2.80. The van der Waals surface area contributed by atoms with Crippen molar-refractivity contribution in [3.63, 3.8) is 0 Å². The molecule has 1 fully saturated rings. The Balaban J connectivity index is 2.54. The first-order chi connectivity index (χ1) is 8.60. The van der Waals surface area contributed by atoms with Crippen molar-refractivity contribution in [2.75, 3.05) is 20.8 Å². The van der Waals surface area contributed by atoms with Crippen LogP contribution in [-0.2, 0) is 16.9 Å². The van der Waals surface area contributed by atoms with E-state index >= 15 is 0 Å². The zero-order valence-corrected chi connectivity index (χ0v) is 12.8. The van der Waals surface area contributed by atoms with Gasteiger partial charge in [0.25, 0.3) is 0 Å². The van der Waals surface area contributed by atoms with E-state index in [1.165, 1.54) is 17.5 Å². The molecular formula is C14H20BrNO2. The lowest BCUT2D eigenvalue weighted by Crippen LogP contribution is -2.34. The summed E-state index contributed by atoms with van der Waals surface area (Å²) in [4.78, 5) is 0. The minimum Gasteiger partial charge on any atom is -0.496 e. The molecule has 1 heterocycles. The molecule has 1 atom stereocenters. The van der Waals surface area contributed by atoms with Gasteiger partial charge in [-0.25, -0.2) is 0 Å². The van der Waals surface area contributed by atoms with Crippen LogP contribution in [-0.4, -0.2) is 20.8 Å². The van der Waals surface area contributed by atoms with E-state index in [1.54, 1.807) is 14.2 Å². The number of hydrogen-bond donors (Lipinski definition) is 1. The Morgan fingerprint density at radius 1 is 1.39 bits per heavy atom. The molecule has 0 aromatic heterocycles. The highest BCUT2D eigenvalue weighted by Gasteiger charge is 2.34. The largest absolute Gasteiger partial charge is 0.496 e. The summed E-state index contributed by atoms with van der Waals surface area (Å²) in [6.45, 7) is 3.90. The zero-order chi connectivity index (χ0) is 13.2. The van der Waals surface area contributed by atoms with Crippen molar-refractivity contribution in [1.29, 1.82) is 0 Å². The summed E-state index contributed by atoms with van der Waals surface area (Å²) in [7, 11) is 3.45. The minimum atomic E-state index is -0.0140. The van der Waals surface area contributed by atoms with Crippen molar-refractivity contribution in [3.8, 4) is 5.75 Å². The highest BCUT2D eigenvalue weighted by molar-refractivity contribution is 9.10. The molecule has 100 valence electrons. The molecular weight excluding hydrogens is 294 g/mol. The Bertz CT molecular complexity index is 428. The molecule has 1 aliphatic heterocycles. The van der Waals surface area contributed by atoms with Gasteiger partial charge >= 0.3 is 0 Å². The predicted molar refractivity (Wildman–Crippen MR) is 76.0 cm³/mol. The molecule has 1 aromatic carbocycles. The van der Waals surface area contributed by atoms with Crippen molar-refractivity contribution in [1.82, 2.24) is 5.32 Å². The van der Waals surface area contributed by atoms with Gasteiger partial charge < -0.3 is 14.8 Å². The lowest BCUT2D eigenvalue weighted by molar-refractivity contribution is 0.181. The van der Waals surface area contributed by atoms with Crippen LogP contribution in [0.15, 0.2) is 16.6 Å². The topological polar surface area (TPSA) is 30.5 Å². The van der Waals surface area contributed by atoms with E-state index in [0.717, 1.165) is 23.2 Å². The van der Waals surface area contributed by atoms with Gasteiger partial charge in [-0.15, -0.1) is 0 Å². The van der Waals surface area contributed by atoms with E-state index in [2.05, 4.69) is 34.2 Å². The second-order valence-corrected chi connectivity index (χ2v) is 5.85. The van der Waals surface area contributed by atoms with Crippen LogP contribution >= 0.6 is 15.9 Å². The third kappa shape index (κ3) is 2.56. The van der Waals surface area contributed by atoms with Crippen LogP contribution < -0.4 is 10.1 Å². The predicted octanol–water partition coefficient (Wildman–Crippen LogP) is 3.20. The number of ether oxygens (including phenoxy) is 2. The highest BCUT2D eigenvalue weighted by atomic mass is 79.9. The average Bonchev–Trinajstić information content (AvgIpc) is 2.76. The van der Waals surface area contributed by atoms with E-state index in [1.807, 2.05) is 6.07 Å². The van der Waals surface area contributed by atoms with E-state index in [4.69, 9.17) is 9.47 Å². The van der Waals surface area contributed by atoms with Crippen molar-refractivity contribution < 1.29 is 9.47 Å². The van der Waals surface area contributed by atoms with Gasteiger partial charge in [-0.3, -0.25) is 0 Å². The van der Waals surface area contributed by atoms with Crippen LogP contribution in [0.3, 0.4) is 0 Å². The molecule has 0 spiro atoms. The molecule has 18 heavy (non-hydrogen) atoms. The summed E-state index contributed by atoms with van der Waals surface area (Å²) in [5.41, 5.74) is 2.40. The molecule has 1 aromatic rings.